The van der Waals surface area contributed by atoms with E-state index >= 15 is 0 Å². The molecule has 0 atom stereocenters. The summed E-state index contributed by atoms with van der Waals surface area (Å²) in [6, 6.07) is 2.20. The van der Waals surface area contributed by atoms with E-state index in [0.717, 1.165) is 44.6 Å². The molecule has 0 radical (unpaired) electrons. The number of fused-ring (bicyclic) bond motifs is 1. The molecule has 0 unspecified atom stereocenters. The number of anilines is 1. The predicted molar refractivity (Wildman–Crippen MR) is 95.5 cm³/mol. The molecule has 0 aliphatic carbocycles. The van der Waals surface area contributed by atoms with Crippen LogP contribution in [-0.4, -0.2) is 39.6 Å². The fourth-order valence-corrected chi connectivity index (χ4v) is 3.39. The summed E-state index contributed by atoms with van der Waals surface area (Å²) in [6.45, 7) is 6.36. The maximum absolute atomic E-state index is 12.7. The van der Waals surface area contributed by atoms with Crippen molar-refractivity contribution in [2.24, 2.45) is 0 Å². The first kappa shape index (κ1) is 16.7. The van der Waals surface area contributed by atoms with Gasteiger partial charge in [-0.3, -0.25) is 4.79 Å². The molecule has 6 nitrogen and oxygen atoms in total. The van der Waals surface area contributed by atoms with Gasteiger partial charge in [-0.1, -0.05) is 26.7 Å². The highest BCUT2D eigenvalue weighted by atomic mass is 16.1. The smallest absolute Gasteiger partial charge is 0.256 e. The average Bonchev–Trinajstić information content (AvgIpc) is 3.24. The number of hydrogen-bond acceptors (Lipinski definition) is 4. The lowest BCUT2D eigenvalue weighted by Gasteiger charge is -2.17. The van der Waals surface area contributed by atoms with Crippen molar-refractivity contribution >= 4 is 17.4 Å². The van der Waals surface area contributed by atoms with Crippen LogP contribution in [0.4, 0.5) is 5.82 Å². The van der Waals surface area contributed by atoms with Crippen LogP contribution in [0.25, 0.3) is 5.65 Å². The maximum Gasteiger partial charge on any atom is 0.256 e. The number of rotatable bonds is 7. The summed E-state index contributed by atoms with van der Waals surface area (Å²) in [6.07, 6.45) is 10.1. The van der Waals surface area contributed by atoms with E-state index in [1.165, 1.54) is 12.8 Å². The van der Waals surface area contributed by atoms with Crippen LogP contribution in [0.15, 0.2) is 18.5 Å². The Morgan fingerprint density at radius 3 is 2.62 bits per heavy atom. The molecule has 24 heavy (non-hydrogen) atoms. The highest BCUT2D eigenvalue weighted by Gasteiger charge is 2.19. The second kappa shape index (κ2) is 7.64. The third kappa shape index (κ3) is 3.52. The van der Waals surface area contributed by atoms with Gasteiger partial charge in [-0.05, 0) is 31.7 Å². The fraction of sp³-hybridized carbons (Fsp3) is 0.611. The number of carbonyl (C=O) groups is 1. The molecular weight excluding hydrogens is 302 g/mol. The van der Waals surface area contributed by atoms with Crippen molar-refractivity contribution in [3.8, 4) is 0 Å². The Morgan fingerprint density at radius 2 is 1.96 bits per heavy atom. The second-order valence-corrected chi connectivity index (χ2v) is 6.55. The first-order valence-electron chi connectivity index (χ1n) is 9.13. The van der Waals surface area contributed by atoms with Gasteiger partial charge in [0.2, 0.25) is 0 Å². The Morgan fingerprint density at radius 1 is 1.25 bits per heavy atom. The molecule has 130 valence electrons. The minimum atomic E-state index is -0.0667. The first-order valence-corrected chi connectivity index (χ1v) is 9.13. The quantitative estimate of drug-likeness (QED) is 0.848. The molecule has 1 saturated heterocycles. The zero-order valence-electron chi connectivity index (χ0n) is 14.7. The van der Waals surface area contributed by atoms with Gasteiger partial charge in [0.15, 0.2) is 5.65 Å². The molecule has 1 aliphatic heterocycles. The fourth-order valence-electron chi connectivity index (χ4n) is 3.39. The summed E-state index contributed by atoms with van der Waals surface area (Å²) in [5, 5.41) is 7.44. The van der Waals surface area contributed by atoms with Crippen LogP contribution in [0.3, 0.4) is 0 Å². The molecule has 1 aliphatic rings. The highest BCUT2D eigenvalue weighted by molar-refractivity contribution is 5.99. The molecule has 0 aromatic carbocycles. The number of nitrogens with zero attached hydrogens (tertiary/aromatic N) is 4. The molecule has 2 aromatic heterocycles. The molecule has 0 spiro atoms. The van der Waals surface area contributed by atoms with E-state index in [-0.39, 0.29) is 11.9 Å². The molecule has 3 heterocycles. The molecule has 0 saturated carbocycles. The van der Waals surface area contributed by atoms with Crippen molar-refractivity contribution in [1.29, 1.82) is 0 Å². The van der Waals surface area contributed by atoms with E-state index in [0.29, 0.717) is 11.2 Å². The second-order valence-electron chi connectivity index (χ2n) is 6.55. The van der Waals surface area contributed by atoms with E-state index in [1.807, 2.05) is 12.3 Å². The molecule has 2 aromatic rings. The molecule has 3 rings (SSSR count). The Balaban J connectivity index is 1.82. The van der Waals surface area contributed by atoms with E-state index in [2.05, 4.69) is 29.2 Å². The largest absolute Gasteiger partial charge is 0.357 e. The van der Waals surface area contributed by atoms with Crippen molar-refractivity contribution in [3.05, 3.63) is 24.0 Å². The molecule has 1 amide bonds. The number of aromatic nitrogens is 3. The number of carbonyl (C=O) groups excluding carboxylic acids is 1. The van der Waals surface area contributed by atoms with Gasteiger partial charge >= 0.3 is 0 Å². The molecule has 1 N–H and O–H groups in total. The summed E-state index contributed by atoms with van der Waals surface area (Å²) in [5.41, 5.74) is 1.21. The summed E-state index contributed by atoms with van der Waals surface area (Å²) >= 11 is 0. The third-order valence-electron chi connectivity index (χ3n) is 4.64. The van der Waals surface area contributed by atoms with Crippen LogP contribution in [-0.2, 0) is 0 Å². The predicted octanol–water partition coefficient (Wildman–Crippen LogP) is 3.03. The van der Waals surface area contributed by atoms with Crippen LogP contribution in [0.1, 0.15) is 62.7 Å². The van der Waals surface area contributed by atoms with Gasteiger partial charge in [0, 0.05) is 25.3 Å². The first-order chi connectivity index (χ1) is 11.7. The van der Waals surface area contributed by atoms with Crippen LogP contribution >= 0.6 is 0 Å². The normalized spacial score (nSPS) is 14.7. The molecule has 6 heteroatoms. The van der Waals surface area contributed by atoms with E-state index in [9.17, 15) is 4.79 Å². The minimum absolute atomic E-state index is 0.0667. The summed E-state index contributed by atoms with van der Waals surface area (Å²) in [5.74, 6) is 0.871. The number of hydrogen-bond donors (Lipinski definition) is 1. The minimum Gasteiger partial charge on any atom is -0.357 e. The van der Waals surface area contributed by atoms with Gasteiger partial charge in [0.1, 0.15) is 11.4 Å². The van der Waals surface area contributed by atoms with Crippen LogP contribution in [0.5, 0.6) is 0 Å². The van der Waals surface area contributed by atoms with Crippen LogP contribution < -0.4 is 10.2 Å². The van der Waals surface area contributed by atoms with Gasteiger partial charge in [0.05, 0.1) is 6.20 Å². The number of nitrogens with one attached hydrogen (secondary N) is 1. The van der Waals surface area contributed by atoms with Gasteiger partial charge in [-0.2, -0.15) is 5.10 Å². The van der Waals surface area contributed by atoms with Gasteiger partial charge < -0.3 is 10.2 Å². The molecular formula is C18H27N5O. The Labute approximate surface area is 143 Å². The lowest BCUT2D eigenvalue weighted by Crippen LogP contribution is -2.34. The van der Waals surface area contributed by atoms with E-state index in [4.69, 9.17) is 4.98 Å². The monoisotopic (exact) mass is 329 g/mol. The van der Waals surface area contributed by atoms with Gasteiger partial charge in [-0.25, -0.2) is 9.50 Å². The maximum atomic E-state index is 12.7. The van der Waals surface area contributed by atoms with Crippen molar-refractivity contribution < 1.29 is 4.79 Å². The third-order valence-corrected chi connectivity index (χ3v) is 4.64. The summed E-state index contributed by atoms with van der Waals surface area (Å²) in [4.78, 5) is 19.7. The SMILES string of the molecule is CCCC(CCC)NC(=O)c1cnn2ccc(N3CCCC3)nc12. The van der Waals surface area contributed by atoms with E-state index in [1.54, 1.807) is 10.7 Å². The lowest BCUT2D eigenvalue weighted by atomic mass is 10.1. The van der Waals surface area contributed by atoms with Crippen LogP contribution in [0.2, 0.25) is 0 Å². The van der Waals surface area contributed by atoms with Gasteiger partial charge in [-0.15, -0.1) is 0 Å². The Hall–Kier alpha value is -2.11. The summed E-state index contributed by atoms with van der Waals surface area (Å²) < 4.78 is 1.68. The molecule has 1 fully saturated rings. The van der Waals surface area contributed by atoms with Crippen LogP contribution in [0, 0.1) is 0 Å². The Bertz CT molecular complexity index is 684. The topological polar surface area (TPSA) is 62.5 Å². The van der Waals surface area contributed by atoms with Gasteiger partial charge in [0.25, 0.3) is 5.91 Å². The van der Waals surface area contributed by atoms with E-state index < -0.39 is 0 Å². The van der Waals surface area contributed by atoms with Crippen molar-refractivity contribution in [1.82, 2.24) is 19.9 Å². The lowest BCUT2D eigenvalue weighted by molar-refractivity contribution is 0.0934. The average molecular weight is 329 g/mol. The standard InChI is InChI=1S/C18H27N5O/c1-3-7-14(8-4-2)20-18(24)15-13-19-23-12-9-16(21-17(15)23)22-10-5-6-11-22/h9,12-14H,3-8,10-11H2,1-2H3,(H,20,24). The molecule has 0 bridgehead atoms. The highest BCUT2D eigenvalue weighted by Crippen LogP contribution is 2.20. The van der Waals surface area contributed by atoms with Crippen molar-refractivity contribution in [2.75, 3.05) is 18.0 Å². The Kier molecular flexibility index (Phi) is 5.33. The van der Waals surface area contributed by atoms with Crippen molar-refractivity contribution in [3.63, 3.8) is 0 Å². The zero-order valence-corrected chi connectivity index (χ0v) is 14.7. The number of amides is 1. The summed E-state index contributed by atoms with van der Waals surface area (Å²) in [7, 11) is 0. The zero-order chi connectivity index (χ0) is 16.9. The van der Waals surface area contributed by atoms with Crippen molar-refractivity contribution in [2.45, 2.75) is 58.4 Å².